The van der Waals surface area contributed by atoms with Crippen molar-refractivity contribution >= 4 is 16.0 Å². The van der Waals surface area contributed by atoms with Gasteiger partial charge in [0.25, 0.3) is 0 Å². The molecule has 1 unspecified atom stereocenters. The number of aliphatic carboxylic acids is 1. The molecule has 0 saturated carbocycles. The van der Waals surface area contributed by atoms with E-state index in [1.54, 1.807) is 37.3 Å². The Morgan fingerprint density at radius 1 is 1.09 bits per heavy atom. The molecule has 0 saturated heterocycles. The van der Waals surface area contributed by atoms with Crippen LogP contribution in [0.4, 0.5) is 0 Å². The van der Waals surface area contributed by atoms with E-state index in [2.05, 4.69) is 4.72 Å². The second-order valence-corrected chi connectivity index (χ2v) is 7.01. The van der Waals surface area contributed by atoms with E-state index >= 15 is 0 Å². The molecule has 0 aliphatic heterocycles. The molecule has 0 amide bonds. The topological polar surface area (TPSA) is 83.5 Å². The average molecular weight is 333 g/mol. The first-order chi connectivity index (χ1) is 10.9. The number of carboxylic acid groups (broad SMARTS) is 1. The molecule has 2 N–H and O–H groups in total. The van der Waals surface area contributed by atoms with Gasteiger partial charge in [-0.05, 0) is 36.6 Å². The van der Waals surface area contributed by atoms with E-state index in [-0.39, 0.29) is 17.4 Å². The standard InChI is InChI=1S/C17H19NO4S/c1-13(18-23(21,22)16-5-3-2-4-6-16)15-10-7-14(8-11-15)9-12-17(19)20/h2-8,10-11,13,18H,9,12H2,1H3,(H,19,20). The largest absolute Gasteiger partial charge is 0.481 e. The summed E-state index contributed by atoms with van der Waals surface area (Å²) in [6.45, 7) is 1.77. The molecule has 0 aliphatic rings. The van der Waals surface area contributed by atoms with Crippen molar-refractivity contribution in [3.05, 3.63) is 65.7 Å². The zero-order valence-corrected chi connectivity index (χ0v) is 13.6. The highest BCUT2D eigenvalue weighted by molar-refractivity contribution is 7.89. The molecule has 1 atom stereocenters. The Morgan fingerprint density at radius 2 is 1.70 bits per heavy atom. The summed E-state index contributed by atoms with van der Waals surface area (Å²) < 4.78 is 27.2. The highest BCUT2D eigenvalue weighted by Gasteiger charge is 2.17. The quantitative estimate of drug-likeness (QED) is 0.816. The molecule has 122 valence electrons. The van der Waals surface area contributed by atoms with Crippen molar-refractivity contribution < 1.29 is 18.3 Å². The molecule has 0 radical (unpaired) electrons. The Balaban J connectivity index is 2.06. The zero-order valence-electron chi connectivity index (χ0n) is 12.8. The smallest absolute Gasteiger partial charge is 0.303 e. The number of carboxylic acids is 1. The van der Waals surface area contributed by atoms with Gasteiger partial charge in [-0.25, -0.2) is 13.1 Å². The van der Waals surface area contributed by atoms with Gasteiger partial charge in [0.15, 0.2) is 0 Å². The van der Waals surface area contributed by atoms with Crippen LogP contribution in [0.15, 0.2) is 59.5 Å². The Labute approximate surface area is 136 Å². The van der Waals surface area contributed by atoms with Gasteiger partial charge in [0, 0.05) is 12.5 Å². The Hall–Kier alpha value is -2.18. The molecular formula is C17H19NO4S. The van der Waals surface area contributed by atoms with Crippen LogP contribution < -0.4 is 4.72 Å². The summed E-state index contributed by atoms with van der Waals surface area (Å²) in [6.07, 6.45) is 0.537. The van der Waals surface area contributed by atoms with Crippen LogP contribution in [0.1, 0.15) is 30.5 Å². The van der Waals surface area contributed by atoms with E-state index in [9.17, 15) is 13.2 Å². The van der Waals surface area contributed by atoms with E-state index in [1.807, 2.05) is 24.3 Å². The molecule has 6 heteroatoms. The summed E-state index contributed by atoms with van der Waals surface area (Å²) in [6, 6.07) is 15.1. The van der Waals surface area contributed by atoms with Crippen molar-refractivity contribution in [3.63, 3.8) is 0 Å². The molecule has 0 fully saturated rings. The second-order valence-electron chi connectivity index (χ2n) is 5.29. The van der Waals surface area contributed by atoms with Gasteiger partial charge in [-0.1, -0.05) is 42.5 Å². The van der Waals surface area contributed by atoms with Crippen LogP contribution >= 0.6 is 0 Å². The van der Waals surface area contributed by atoms with Gasteiger partial charge >= 0.3 is 5.97 Å². The molecule has 2 aromatic rings. The molecule has 0 heterocycles. The fourth-order valence-corrected chi connectivity index (χ4v) is 3.45. The number of aryl methyl sites for hydroxylation is 1. The fraction of sp³-hybridized carbons (Fsp3) is 0.235. The number of benzene rings is 2. The van der Waals surface area contributed by atoms with Crippen LogP contribution in [0.5, 0.6) is 0 Å². The molecule has 23 heavy (non-hydrogen) atoms. The van der Waals surface area contributed by atoms with E-state index in [0.29, 0.717) is 6.42 Å². The van der Waals surface area contributed by atoms with Crippen LogP contribution in [-0.4, -0.2) is 19.5 Å². The van der Waals surface area contributed by atoms with Crippen LogP contribution in [0.25, 0.3) is 0 Å². The normalized spacial score (nSPS) is 12.7. The minimum Gasteiger partial charge on any atom is -0.481 e. The summed E-state index contributed by atoms with van der Waals surface area (Å²) in [5, 5.41) is 8.68. The molecule has 0 aliphatic carbocycles. The number of sulfonamides is 1. The summed E-state index contributed by atoms with van der Waals surface area (Å²) in [5.41, 5.74) is 1.73. The Bertz CT molecular complexity index is 755. The molecule has 0 bridgehead atoms. The van der Waals surface area contributed by atoms with Gasteiger partial charge in [-0.2, -0.15) is 0 Å². The monoisotopic (exact) mass is 333 g/mol. The van der Waals surface area contributed by atoms with Crippen molar-refractivity contribution in [2.75, 3.05) is 0 Å². The van der Waals surface area contributed by atoms with Crippen LogP contribution in [0, 0.1) is 0 Å². The summed E-state index contributed by atoms with van der Waals surface area (Å²) in [4.78, 5) is 10.8. The third kappa shape index (κ3) is 4.91. The third-order valence-electron chi connectivity index (χ3n) is 3.49. The Kier molecular flexibility index (Phi) is 5.52. The van der Waals surface area contributed by atoms with Crippen LogP contribution in [0.2, 0.25) is 0 Å². The minimum absolute atomic E-state index is 0.0789. The van der Waals surface area contributed by atoms with Crippen molar-refractivity contribution in [1.29, 1.82) is 0 Å². The Morgan fingerprint density at radius 3 is 2.26 bits per heavy atom. The minimum atomic E-state index is -3.57. The molecule has 0 aromatic heterocycles. The number of nitrogens with one attached hydrogen (secondary N) is 1. The van der Waals surface area contributed by atoms with Crippen LogP contribution in [-0.2, 0) is 21.2 Å². The van der Waals surface area contributed by atoms with Crippen molar-refractivity contribution in [2.45, 2.75) is 30.7 Å². The number of rotatable bonds is 7. The summed E-state index contributed by atoms with van der Waals surface area (Å²) in [5.74, 6) is -0.835. The average Bonchev–Trinajstić information content (AvgIpc) is 2.54. The van der Waals surface area contributed by atoms with Gasteiger partial charge in [-0.15, -0.1) is 0 Å². The van der Waals surface area contributed by atoms with E-state index in [1.165, 1.54) is 0 Å². The van der Waals surface area contributed by atoms with Gasteiger partial charge in [0.05, 0.1) is 4.90 Å². The molecule has 2 rings (SSSR count). The van der Waals surface area contributed by atoms with Gasteiger partial charge < -0.3 is 5.11 Å². The molecular weight excluding hydrogens is 314 g/mol. The number of hydrogen-bond donors (Lipinski definition) is 2. The first kappa shape index (κ1) is 17.2. The highest BCUT2D eigenvalue weighted by Crippen LogP contribution is 2.18. The first-order valence-corrected chi connectivity index (χ1v) is 8.75. The predicted octanol–water partition coefficient (Wildman–Crippen LogP) is 2.74. The molecule has 0 spiro atoms. The fourth-order valence-electron chi connectivity index (χ4n) is 2.19. The maximum Gasteiger partial charge on any atom is 0.303 e. The van der Waals surface area contributed by atoms with E-state index < -0.39 is 16.0 Å². The number of hydrogen-bond acceptors (Lipinski definition) is 3. The first-order valence-electron chi connectivity index (χ1n) is 7.26. The lowest BCUT2D eigenvalue weighted by atomic mass is 10.0. The lowest BCUT2D eigenvalue weighted by Gasteiger charge is -2.15. The molecule has 2 aromatic carbocycles. The summed E-state index contributed by atoms with van der Waals surface area (Å²) >= 11 is 0. The van der Waals surface area contributed by atoms with Gasteiger partial charge in [0.2, 0.25) is 10.0 Å². The lowest BCUT2D eigenvalue weighted by molar-refractivity contribution is -0.136. The predicted molar refractivity (Wildman–Crippen MR) is 87.6 cm³/mol. The lowest BCUT2D eigenvalue weighted by Crippen LogP contribution is -2.26. The SMILES string of the molecule is CC(NS(=O)(=O)c1ccccc1)c1ccc(CCC(=O)O)cc1. The van der Waals surface area contributed by atoms with E-state index in [4.69, 9.17) is 5.11 Å². The highest BCUT2D eigenvalue weighted by atomic mass is 32.2. The second kappa shape index (κ2) is 7.39. The number of carbonyl (C=O) groups is 1. The molecule has 5 nitrogen and oxygen atoms in total. The summed E-state index contributed by atoms with van der Waals surface area (Å²) in [7, 11) is -3.57. The third-order valence-corrected chi connectivity index (χ3v) is 5.05. The van der Waals surface area contributed by atoms with Crippen molar-refractivity contribution in [1.82, 2.24) is 4.72 Å². The van der Waals surface area contributed by atoms with E-state index in [0.717, 1.165) is 11.1 Å². The van der Waals surface area contributed by atoms with Gasteiger partial charge in [-0.3, -0.25) is 4.79 Å². The maximum atomic E-state index is 12.3. The van der Waals surface area contributed by atoms with Gasteiger partial charge in [0.1, 0.15) is 0 Å². The van der Waals surface area contributed by atoms with Crippen LogP contribution in [0.3, 0.4) is 0 Å². The van der Waals surface area contributed by atoms with Crippen molar-refractivity contribution in [2.24, 2.45) is 0 Å². The van der Waals surface area contributed by atoms with Crippen molar-refractivity contribution in [3.8, 4) is 0 Å². The maximum absolute atomic E-state index is 12.3. The zero-order chi connectivity index (χ0) is 16.9.